The van der Waals surface area contributed by atoms with Crippen LogP contribution in [-0.4, -0.2) is 15.0 Å². The molecule has 2 heterocycles. The topological polar surface area (TPSA) is 67.6 Å². The SMILES string of the molecule is CC(C)(C)c1c[nH]c2ncnc(N)c12. The Kier molecular flexibility index (Phi) is 1.74. The molecule has 0 spiro atoms. The number of anilines is 1. The van der Waals surface area contributed by atoms with E-state index in [0.717, 1.165) is 16.6 Å². The van der Waals surface area contributed by atoms with Crippen LogP contribution in [0.2, 0.25) is 0 Å². The first-order chi connectivity index (χ1) is 6.50. The third kappa shape index (κ3) is 1.23. The third-order valence-electron chi connectivity index (χ3n) is 2.31. The van der Waals surface area contributed by atoms with Gasteiger partial charge < -0.3 is 10.7 Å². The second-order valence-corrected chi connectivity index (χ2v) is 4.43. The van der Waals surface area contributed by atoms with Crippen LogP contribution >= 0.6 is 0 Å². The number of aromatic amines is 1. The van der Waals surface area contributed by atoms with Gasteiger partial charge in [-0.2, -0.15) is 0 Å². The van der Waals surface area contributed by atoms with Gasteiger partial charge in [0.2, 0.25) is 0 Å². The molecule has 0 aliphatic carbocycles. The number of aromatic nitrogens is 3. The van der Waals surface area contributed by atoms with E-state index in [1.54, 1.807) is 0 Å². The van der Waals surface area contributed by atoms with Crippen molar-refractivity contribution in [3.8, 4) is 0 Å². The minimum atomic E-state index is 0.0527. The van der Waals surface area contributed by atoms with Crippen LogP contribution in [0.1, 0.15) is 26.3 Å². The Hall–Kier alpha value is -1.58. The molecule has 4 heteroatoms. The molecule has 0 unspecified atom stereocenters. The average molecular weight is 190 g/mol. The number of rotatable bonds is 0. The van der Waals surface area contributed by atoms with Gasteiger partial charge in [-0.05, 0) is 11.0 Å². The summed E-state index contributed by atoms with van der Waals surface area (Å²) in [6.45, 7) is 6.42. The van der Waals surface area contributed by atoms with Crippen molar-refractivity contribution in [1.82, 2.24) is 15.0 Å². The summed E-state index contributed by atoms with van der Waals surface area (Å²) in [7, 11) is 0. The van der Waals surface area contributed by atoms with E-state index in [0.29, 0.717) is 5.82 Å². The van der Waals surface area contributed by atoms with Crippen LogP contribution in [-0.2, 0) is 5.41 Å². The second-order valence-electron chi connectivity index (χ2n) is 4.43. The Morgan fingerprint density at radius 1 is 1.29 bits per heavy atom. The molecule has 2 aromatic heterocycles. The number of fused-ring (bicyclic) bond motifs is 1. The van der Waals surface area contributed by atoms with E-state index in [9.17, 15) is 0 Å². The van der Waals surface area contributed by atoms with Gasteiger partial charge in [-0.3, -0.25) is 0 Å². The molecule has 0 aliphatic heterocycles. The Bertz CT molecular complexity index is 464. The number of nitrogens with one attached hydrogen (secondary N) is 1. The maximum Gasteiger partial charge on any atom is 0.143 e. The fourth-order valence-electron chi connectivity index (χ4n) is 1.58. The fraction of sp³-hybridized carbons (Fsp3) is 0.400. The van der Waals surface area contributed by atoms with E-state index >= 15 is 0 Å². The van der Waals surface area contributed by atoms with Crippen molar-refractivity contribution < 1.29 is 0 Å². The lowest BCUT2D eigenvalue weighted by Gasteiger charge is -2.17. The first-order valence-electron chi connectivity index (χ1n) is 4.58. The number of nitrogens with zero attached hydrogens (tertiary/aromatic N) is 2. The van der Waals surface area contributed by atoms with Gasteiger partial charge in [-0.15, -0.1) is 0 Å². The van der Waals surface area contributed by atoms with E-state index < -0.39 is 0 Å². The van der Waals surface area contributed by atoms with Gasteiger partial charge in [0, 0.05) is 6.20 Å². The zero-order valence-corrected chi connectivity index (χ0v) is 8.63. The quantitative estimate of drug-likeness (QED) is 0.666. The highest BCUT2D eigenvalue weighted by molar-refractivity contribution is 5.89. The molecular formula is C10H14N4. The summed E-state index contributed by atoms with van der Waals surface area (Å²) in [5.74, 6) is 0.543. The molecule has 0 aliphatic rings. The van der Waals surface area contributed by atoms with Crippen LogP contribution in [0.5, 0.6) is 0 Å². The molecule has 0 fully saturated rings. The standard InChI is InChI=1S/C10H14N4/c1-10(2,3)6-4-12-9-7(6)8(11)13-5-14-9/h4-5H,1-3H3,(H3,11,12,13,14). The maximum absolute atomic E-state index is 5.83. The van der Waals surface area contributed by atoms with Crippen molar-refractivity contribution in [2.45, 2.75) is 26.2 Å². The molecule has 4 nitrogen and oxygen atoms in total. The molecule has 3 N–H and O–H groups in total. The van der Waals surface area contributed by atoms with Crippen LogP contribution in [0, 0.1) is 0 Å². The summed E-state index contributed by atoms with van der Waals surface area (Å²) in [6.07, 6.45) is 3.43. The summed E-state index contributed by atoms with van der Waals surface area (Å²) in [6, 6.07) is 0. The predicted octanol–water partition coefficient (Wildman–Crippen LogP) is 1.84. The molecule has 0 radical (unpaired) electrons. The molecule has 0 aromatic carbocycles. The molecule has 14 heavy (non-hydrogen) atoms. The first-order valence-corrected chi connectivity index (χ1v) is 4.58. The lowest BCUT2D eigenvalue weighted by Crippen LogP contribution is -2.11. The van der Waals surface area contributed by atoms with Gasteiger partial charge in [0.15, 0.2) is 0 Å². The Morgan fingerprint density at radius 3 is 2.64 bits per heavy atom. The first kappa shape index (κ1) is 8.99. The largest absolute Gasteiger partial charge is 0.383 e. The smallest absolute Gasteiger partial charge is 0.143 e. The number of H-pyrrole nitrogens is 1. The van der Waals surface area contributed by atoms with E-state index in [1.807, 2.05) is 6.20 Å². The molecule has 0 atom stereocenters. The number of nitrogen functional groups attached to an aromatic ring is 1. The van der Waals surface area contributed by atoms with Gasteiger partial charge in [0.1, 0.15) is 17.8 Å². The van der Waals surface area contributed by atoms with Gasteiger partial charge in [0.05, 0.1) is 5.39 Å². The molecule has 2 aromatic rings. The molecular weight excluding hydrogens is 176 g/mol. The van der Waals surface area contributed by atoms with Crippen LogP contribution in [0.4, 0.5) is 5.82 Å². The number of hydrogen-bond acceptors (Lipinski definition) is 3. The van der Waals surface area contributed by atoms with Gasteiger partial charge in [-0.25, -0.2) is 9.97 Å². The van der Waals surface area contributed by atoms with Crippen LogP contribution in [0.15, 0.2) is 12.5 Å². The normalized spacial score (nSPS) is 12.2. The summed E-state index contributed by atoms with van der Waals surface area (Å²) in [5.41, 5.74) is 7.85. The van der Waals surface area contributed by atoms with Crippen molar-refractivity contribution in [1.29, 1.82) is 0 Å². The van der Waals surface area contributed by atoms with Crippen LogP contribution in [0.3, 0.4) is 0 Å². The average Bonchev–Trinajstić information content (AvgIpc) is 2.47. The molecule has 2 rings (SSSR count). The predicted molar refractivity (Wildman–Crippen MR) is 57.0 cm³/mol. The monoisotopic (exact) mass is 190 g/mol. The molecule has 0 amide bonds. The van der Waals surface area contributed by atoms with Crippen molar-refractivity contribution in [3.05, 3.63) is 18.1 Å². The molecule has 0 saturated heterocycles. The van der Waals surface area contributed by atoms with Crippen LogP contribution in [0.25, 0.3) is 11.0 Å². The third-order valence-corrected chi connectivity index (χ3v) is 2.31. The fourth-order valence-corrected chi connectivity index (χ4v) is 1.58. The van der Waals surface area contributed by atoms with Crippen molar-refractivity contribution in [3.63, 3.8) is 0 Å². The van der Waals surface area contributed by atoms with Crippen molar-refractivity contribution in [2.24, 2.45) is 0 Å². The summed E-state index contributed by atoms with van der Waals surface area (Å²) < 4.78 is 0. The van der Waals surface area contributed by atoms with E-state index in [-0.39, 0.29) is 5.41 Å². The molecule has 0 bridgehead atoms. The lowest BCUT2D eigenvalue weighted by molar-refractivity contribution is 0.596. The lowest BCUT2D eigenvalue weighted by atomic mass is 9.87. The minimum absolute atomic E-state index is 0.0527. The molecule has 0 saturated carbocycles. The minimum Gasteiger partial charge on any atom is -0.383 e. The molecule has 74 valence electrons. The summed E-state index contributed by atoms with van der Waals surface area (Å²) >= 11 is 0. The van der Waals surface area contributed by atoms with Crippen molar-refractivity contribution in [2.75, 3.05) is 5.73 Å². The number of nitrogens with two attached hydrogens (primary N) is 1. The maximum atomic E-state index is 5.83. The van der Waals surface area contributed by atoms with Gasteiger partial charge in [-0.1, -0.05) is 20.8 Å². The van der Waals surface area contributed by atoms with E-state index in [1.165, 1.54) is 6.33 Å². The number of hydrogen-bond donors (Lipinski definition) is 2. The Balaban J connectivity index is 2.80. The van der Waals surface area contributed by atoms with E-state index in [4.69, 9.17) is 5.73 Å². The van der Waals surface area contributed by atoms with Gasteiger partial charge in [0.25, 0.3) is 0 Å². The second kappa shape index (κ2) is 2.70. The Labute approximate surface area is 82.6 Å². The zero-order chi connectivity index (χ0) is 10.3. The summed E-state index contributed by atoms with van der Waals surface area (Å²) in [5, 5.41) is 0.944. The van der Waals surface area contributed by atoms with Gasteiger partial charge >= 0.3 is 0 Å². The highest BCUT2D eigenvalue weighted by Gasteiger charge is 2.20. The zero-order valence-electron chi connectivity index (χ0n) is 8.63. The highest BCUT2D eigenvalue weighted by atomic mass is 15.0. The van der Waals surface area contributed by atoms with Crippen LogP contribution < -0.4 is 5.73 Å². The Morgan fingerprint density at radius 2 is 2.00 bits per heavy atom. The summed E-state index contributed by atoms with van der Waals surface area (Å²) in [4.78, 5) is 11.2. The van der Waals surface area contributed by atoms with E-state index in [2.05, 4.69) is 35.7 Å². The highest BCUT2D eigenvalue weighted by Crippen LogP contribution is 2.31. The van der Waals surface area contributed by atoms with Crippen molar-refractivity contribution >= 4 is 16.9 Å².